The number of aromatic nitrogens is 1. The van der Waals surface area contributed by atoms with Gasteiger partial charge in [0.25, 0.3) is 5.91 Å². The molecule has 1 N–H and O–H groups in total. The molecule has 1 aromatic heterocycles. The maximum atomic E-state index is 12.4. The van der Waals surface area contributed by atoms with E-state index in [-0.39, 0.29) is 12.0 Å². The maximum Gasteiger partial charge on any atom is 0.326 e. The molecule has 0 bridgehead atoms. The molecule has 3 rings (SSSR count). The molecule has 1 amide bonds. The molecule has 6 nitrogen and oxygen atoms in total. The summed E-state index contributed by atoms with van der Waals surface area (Å²) in [6.07, 6.45) is 3.19. The van der Waals surface area contributed by atoms with Gasteiger partial charge in [0.05, 0.1) is 0 Å². The number of nitrogens with zero attached hydrogens (tertiary/aromatic N) is 2. The lowest BCUT2D eigenvalue weighted by atomic mass is 10.2. The van der Waals surface area contributed by atoms with Crippen molar-refractivity contribution >= 4 is 23.2 Å². The van der Waals surface area contributed by atoms with Crippen molar-refractivity contribution in [2.24, 2.45) is 0 Å². The van der Waals surface area contributed by atoms with Crippen LogP contribution in [0.25, 0.3) is 0 Å². The van der Waals surface area contributed by atoms with E-state index in [1.807, 2.05) is 0 Å². The van der Waals surface area contributed by atoms with Gasteiger partial charge in [0.2, 0.25) is 0 Å². The number of likely N-dealkylation sites (tertiary alicyclic amines) is 1. The van der Waals surface area contributed by atoms with Crippen molar-refractivity contribution in [3.05, 3.63) is 16.1 Å². The van der Waals surface area contributed by atoms with E-state index < -0.39 is 12.0 Å². The number of hydrogen-bond donors (Lipinski definition) is 1. The summed E-state index contributed by atoms with van der Waals surface area (Å²) in [5.41, 5.74) is 0.341. The predicted molar refractivity (Wildman–Crippen MR) is 71.7 cm³/mol. The van der Waals surface area contributed by atoms with Crippen molar-refractivity contribution in [1.29, 1.82) is 0 Å². The first-order valence-corrected chi connectivity index (χ1v) is 7.65. The molecule has 0 aromatic carbocycles. The maximum absolute atomic E-state index is 12.4. The molecule has 0 saturated carbocycles. The lowest BCUT2D eigenvalue weighted by Gasteiger charge is -2.20. The highest BCUT2D eigenvalue weighted by molar-refractivity contribution is 7.09. The number of carboxylic acids is 1. The van der Waals surface area contributed by atoms with Crippen LogP contribution < -0.4 is 0 Å². The molecule has 2 saturated heterocycles. The van der Waals surface area contributed by atoms with Crippen molar-refractivity contribution in [2.75, 3.05) is 13.2 Å². The van der Waals surface area contributed by atoms with Crippen LogP contribution in [-0.2, 0) is 9.53 Å². The molecule has 1 aromatic rings. The van der Waals surface area contributed by atoms with Gasteiger partial charge < -0.3 is 14.7 Å². The number of carbonyl (C=O) groups excluding carboxylic acids is 1. The summed E-state index contributed by atoms with van der Waals surface area (Å²) in [4.78, 5) is 29.2. The summed E-state index contributed by atoms with van der Waals surface area (Å²) >= 11 is 1.41. The fourth-order valence-electron chi connectivity index (χ4n) is 2.72. The highest BCUT2D eigenvalue weighted by atomic mass is 32.1. The zero-order valence-electron chi connectivity index (χ0n) is 10.9. The number of hydrogen-bond acceptors (Lipinski definition) is 5. The number of carbonyl (C=O) groups is 2. The van der Waals surface area contributed by atoms with Gasteiger partial charge in [0, 0.05) is 18.5 Å². The van der Waals surface area contributed by atoms with Gasteiger partial charge >= 0.3 is 5.97 Å². The number of aliphatic carboxylic acids is 1. The fourth-order valence-corrected chi connectivity index (χ4v) is 3.59. The van der Waals surface area contributed by atoms with E-state index in [2.05, 4.69) is 4.98 Å². The van der Waals surface area contributed by atoms with Crippen LogP contribution >= 0.6 is 11.3 Å². The normalized spacial score (nSPS) is 26.1. The van der Waals surface area contributed by atoms with E-state index in [1.165, 1.54) is 16.2 Å². The van der Waals surface area contributed by atoms with E-state index in [9.17, 15) is 9.59 Å². The molecule has 2 aliphatic heterocycles. The van der Waals surface area contributed by atoms with Crippen LogP contribution in [0.3, 0.4) is 0 Å². The van der Waals surface area contributed by atoms with Crippen LogP contribution in [0.2, 0.25) is 0 Å². The molecule has 3 heterocycles. The second-order valence-electron chi connectivity index (χ2n) is 5.07. The number of thiazole rings is 1. The van der Waals surface area contributed by atoms with Gasteiger partial charge in [-0.05, 0) is 25.7 Å². The second kappa shape index (κ2) is 5.49. The lowest BCUT2D eigenvalue weighted by molar-refractivity contribution is -0.141. The minimum absolute atomic E-state index is 0.00426. The Bertz CT molecular complexity index is 524. The monoisotopic (exact) mass is 296 g/mol. The molecular formula is C13H16N2O4S. The number of carboxylic acid groups (broad SMARTS) is 1. The second-order valence-corrected chi connectivity index (χ2v) is 5.96. The Morgan fingerprint density at radius 1 is 1.40 bits per heavy atom. The van der Waals surface area contributed by atoms with Crippen molar-refractivity contribution in [3.8, 4) is 0 Å². The third-order valence-corrected chi connectivity index (χ3v) is 4.68. The fraction of sp³-hybridized carbons (Fsp3) is 0.615. The highest BCUT2D eigenvalue weighted by Gasteiger charge is 2.35. The largest absolute Gasteiger partial charge is 0.480 e. The van der Waals surface area contributed by atoms with Crippen LogP contribution in [0.4, 0.5) is 0 Å². The first-order valence-electron chi connectivity index (χ1n) is 6.77. The highest BCUT2D eigenvalue weighted by Crippen LogP contribution is 2.31. The number of amides is 1. The first kappa shape index (κ1) is 13.5. The van der Waals surface area contributed by atoms with E-state index in [0.717, 1.165) is 30.9 Å². The standard InChI is InChI=1S/C13H16N2O4S/c16-12(15-5-1-3-9(15)13(17)18)8-7-20-11(14-8)10-4-2-6-19-10/h7,9-10H,1-6H2,(H,17,18)/t9-,10?/m1/s1. The SMILES string of the molecule is O=C(O)[C@H]1CCCN1C(=O)c1csc(C2CCCO2)n1. The van der Waals surface area contributed by atoms with Crippen LogP contribution in [0, 0.1) is 0 Å². The van der Waals surface area contributed by atoms with Crippen LogP contribution in [0.15, 0.2) is 5.38 Å². The van der Waals surface area contributed by atoms with Gasteiger partial charge in [-0.1, -0.05) is 0 Å². The molecule has 0 aliphatic carbocycles. The topological polar surface area (TPSA) is 79.7 Å². The number of ether oxygens (including phenoxy) is 1. The average Bonchev–Trinajstić information content (AvgIpc) is 3.17. The molecule has 0 spiro atoms. The third-order valence-electron chi connectivity index (χ3n) is 3.74. The van der Waals surface area contributed by atoms with Crippen LogP contribution in [0.5, 0.6) is 0 Å². The molecule has 2 aliphatic rings. The summed E-state index contributed by atoms with van der Waals surface area (Å²) in [5, 5.41) is 11.6. The summed E-state index contributed by atoms with van der Waals surface area (Å²) in [7, 11) is 0. The van der Waals surface area contributed by atoms with Gasteiger partial charge in [-0.2, -0.15) is 0 Å². The van der Waals surface area contributed by atoms with E-state index in [0.29, 0.717) is 18.7 Å². The summed E-state index contributed by atoms with van der Waals surface area (Å²) in [6, 6.07) is -0.713. The first-order chi connectivity index (χ1) is 9.66. The zero-order chi connectivity index (χ0) is 14.1. The van der Waals surface area contributed by atoms with Gasteiger partial charge in [0.15, 0.2) is 0 Å². The molecular weight excluding hydrogens is 280 g/mol. The Hall–Kier alpha value is -1.47. The van der Waals surface area contributed by atoms with E-state index in [4.69, 9.17) is 9.84 Å². The minimum Gasteiger partial charge on any atom is -0.480 e. The Labute approximate surface area is 120 Å². The van der Waals surface area contributed by atoms with Gasteiger partial charge in [-0.25, -0.2) is 9.78 Å². The third kappa shape index (κ3) is 2.43. The molecule has 108 valence electrons. The minimum atomic E-state index is -0.939. The number of rotatable bonds is 3. The van der Waals surface area contributed by atoms with E-state index in [1.54, 1.807) is 5.38 Å². The van der Waals surface area contributed by atoms with Crippen molar-refractivity contribution in [3.63, 3.8) is 0 Å². The molecule has 1 unspecified atom stereocenters. The van der Waals surface area contributed by atoms with Crippen molar-refractivity contribution in [1.82, 2.24) is 9.88 Å². The average molecular weight is 296 g/mol. The smallest absolute Gasteiger partial charge is 0.326 e. The predicted octanol–water partition coefficient (Wildman–Crippen LogP) is 1.68. The quantitative estimate of drug-likeness (QED) is 0.918. The zero-order valence-corrected chi connectivity index (χ0v) is 11.8. The summed E-state index contributed by atoms with van der Waals surface area (Å²) < 4.78 is 5.55. The lowest BCUT2D eigenvalue weighted by Crippen LogP contribution is -2.40. The van der Waals surface area contributed by atoms with Crippen LogP contribution in [-0.4, -0.2) is 46.1 Å². The van der Waals surface area contributed by atoms with Crippen molar-refractivity contribution < 1.29 is 19.4 Å². The molecule has 2 atom stereocenters. The van der Waals surface area contributed by atoms with Gasteiger partial charge in [0.1, 0.15) is 22.8 Å². The molecule has 7 heteroatoms. The molecule has 0 radical (unpaired) electrons. The van der Waals surface area contributed by atoms with Gasteiger partial charge in [-0.15, -0.1) is 11.3 Å². The summed E-state index contributed by atoms with van der Waals surface area (Å²) in [5.74, 6) is -1.22. The van der Waals surface area contributed by atoms with Gasteiger partial charge in [-0.3, -0.25) is 4.79 Å². The Morgan fingerprint density at radius 2 is 2.25 bits per heavy atom. The van der Waals surface area contributed by atoms with Crippen molar-refractivity contribution in [2.45, 2.75) is 37.8 Å². The van der Waals surface area contributed by atoms with Crippen LogP contribution in [0.1, 0.15) is 47.3 Å². The summed E-state index contributed by atoms with van der Waals surface area (Å²) in [6.45, 7) is 1.23. The Morgan fingerprint density at radius 3 is 2.95 bits per heavy atom. The molecule has 2 fully saturated rings. The molecule has 20 heavy (non-hydrogen) atoms. The van der Waals surface area contributed by atoms with E-state index >= 15 is 0 Å². The Kier molecular flexibility index (Phi) is 3.71. The Balaban J connectivity index is 1.75.